The Balaban J connectivity index is 0.00000274. The Kier molecular flexibility index (Phi) is 7.76. The molecule has 34 heavy (non-hydrogen) atoms. The first kappa shape index (κ1) is 25.3. The van der Waals surface area contributed by atoms with Gasteiger partial charge in [0.05, 0.1) is 22.9 Å². The van der Waals surface area contributed by atoms with Gasteiger partial charge in [0.25, 0.3) is 5.91 Å². The van der Waals surface area contributed by atoms with Gasteiger partial charge >= 0.3 is 29.6 Å². The van der Waals surface area contributed by atoms with Crippen LogP contribution < -0.4 is 40.0 Å². The fraction of sp³-hybridized carbons (Fsp3) is 0.292. The molecule has 0 aromatic heterocycles. The fourth-order valence-corrected chi connectivity index (χ4v) is 6.31. The Morgan fingerprint density at radius 2 is 1.71 bits per heavy atom. The molecule has 10 heteroatoms. The van der Waals surface area contributed by atoms with Crippen molar-refractivity contribution in [3.05, 3.63) is 82.5 Å². The molecule has 3 unspecified atom stereocenters. The number of fused-ring (bicyclic) bond motifs is 1. The van der Waals surface area contributed by atoms with Crippen molar-refractivity contribution in [3.8, 4) is 0 Å². The number of aryl methyl sites for hydroxylation is 1. The van der Waals surface area contributed by atoms with E-state index in [1.165, 1.54) is 11.8 Å². The molecule has 2 saturated heterocycles. The average Bonchev–Trinajstić information content (AvgIpc) is 3.14. The average molecular weight is 506 g/mol. The second kappa shape index (κ2) is 10.4. The van der Waals surface area contributed by atoms with E-state index >= 15 is 0 Å². The molecule has 0 bridgehead atoms. The molecule has 0 spiro atoms. The zero-order chi connectivity index (χ0) is 23.1. The van der Waals surface area contributed by atoms with Crippen molar-refractivity contribution in [2.45, 2.75) is 36.5 Å². The zero-order valence-corrected chi connectivity index (χ0v) is 22.1. The van der Waals surface area contributed by atoms with Gasteiger partial charge in [-0.2, -0.15) is 0 Å². The van der Waals surface area contributed by atoms with Crippen LogP contribution in [0.2, 0.25) is 0 Å². The van der Waals surface area contributed by atoms with Crippen LogP contribution in [0, 0.1) is 0 Å². The molecule has 0 aliphatic carbocycles. The van der Waals surface area contributed by atoms with Gasteiger partial charge < -0.3 is 14.8 Å². The topological polar surface area (TPSA) is 92.8 Å². The maximum Gasteiger partial charge on any atom is 1.00 e. The maximum atomic E-state index is 13.6. The molecule has 2 aromatic rings. The van der Waals surface area contributed by atoms with E-state index in [2.05, 4.69) is 5.32 Å². The quantitative estimate of drug-likeness (QED) is 0.384. The predicted molar refractivity (Wildman–Crippen MR) is 122 cm³/mol. The van der Waals surface area contributed by atoms with E-state index in [4.69, 9.17) is 11.6 Å². The monoisotopic (exact) mass is 505 g/mol. The van der Waals surface area contributed by atoms with Crippen molar-refractivity contribution >= 4 is 41.1 Å². The number of carbonyl (C=O) groups excluding carboxylic acids is 3. The van der Waals surface area contributed by atoms with Crippen LogP contribution >= 0.6 is 23.4 Å². The smallest absolute Gasteiger partial charge is 0.543 e. The summed E-state index contributed by atoms with van der Waals surface area (Å²) in [5.74, 6) is -1.86. The summed E-state index contributed by atoms with van der Waals surface area (Å²) < 4.78 is 0. The fourth-order valence-electron chi connectivity index (χ4n) is 4.71. The van der Waals surface area contributed by atoms with Crippen molar-refractivity contribution in [1.82, 2.24) is 15.1 Å². The summed E-state index contributed by atoms with van der Waals surface area (Å²) in [6, 6.07) is 18.0. The van der Waals surface area contributed by atoms with E-state index in [-0.39, 0.29) is 58.1 Å². The first-order valence-electron chi connectivity index (χ1n) is 10.7. The number of benzene rings is 2. The summed E-state index contributed by atoms with van der Waals surface area (Å²) in [7, 11) is 0. The minimum Gasteiger partial charge on any atom is -0.543 e. The van der Waals surface area contributed by atoms with Crippen molar-refractivity contribution in [2.24, 2.45) is 0 Å². The van der Waals surface area contributed by atoms with E-state index in [0.29, 0.717) is 6.42 Å². The summed E-state index contributed by atoms with van der Waals surface area (Å²) in [4.78, 5) is 41.1. The molecule has 5 rings (SSSR count). The molecule has 0 saturated carbocycles. The van der Waals surface area contributed by atoms with Gasteiger partial charge in [0.1, 0.15) is 17.5 Å². The second-order valence-electron chi connectivity index (χ2n) is 8.19. The first-order valence-corrected chi connectivity index (χ1v) is 12.1. The summed E-state index contributed by atoms with van der Waals surface area (Å²) in [6.45, 7) is 0. The minimum absolute atomic E-state index is 0. The number of rotatable bonds is 6. The number of nitrogens with zero attached hydrogens (tertiary/aromatic N) is 2. The Labute approximate surface area is 228 Å². The van der Waals surface area contributed by atoms with E-state index in [1.807, 2.05) is 60.7 Å². The number of β-lactam (4-membered cyclic amide) rings is 1. The number of aliphatic carboxylic acids is 1. The molecule has 3 aliphatic heterocycles. The standard InChI is InChI=1S/C24H22ClN3O4S.Na/c25-16-13-33-23-20(22(30)28(23)19(16)24(31)32)27-17(12-11-14-7-3-1-4-8-14)26-18(21(27)29)15-9-5-2-6-10-15;/h1-10,17-18,20,23,26H,11-13H2,(H,31,32);/q;+1/p-1/t17?,18?,20?,23-;/m0./s1. The van der Waals surface area contributed by atoms with Crippen LogP contribution in [-0.4, -0.2) is 50.9 Å². The van der Waals surface area contributed by atoms with E-state index in [9.17, 15) is 19.5 Å². The summed E-state index contributed by atoms with van der Waals surface area (Å²) in [5.41, 5.74) is 1.67. The number of carbonyl (C=O) groups is 3. The van der Waals surface area contributed by atoms with Crippen molar-refractivity contribution < 1.29 is 49.0 Å². The molecule has 2 aromatic carbocycles. The molecule has 3 aliphatic rings. The molecule has 170 valence electrons. The Bertz CT molecular complexity index is 1130. The second-order valence-corrected chi connectivity index (χ2v) is 9.75. The summed E-state index contributed by atoms with van der Waals surface area (Å²) in [6.07, 6.45) is 0.972. The summed E-state index contributed by atoms with van der Waals surface area (Å²) >= 11 is 7.43. The van der Waals surface area contributed by atoms with Crippen LogP contribution in [0.3, 0.4) is 0 Å². The largest absolute Gasteiger partial charge is 1.00 e. The van der Waals surface area contributed by atoms with Gasteiger partial charge in [-0.3, -0.25) is 19.8 Å². The number of halogens is 1. The van der Waals surface area contributed by atoms with E-state index in [1.54, 1.807) is 4.90 Å². The number of thioether (sulfide) groups is 1. The number of hydrogen-bond donors (Lipinski definition) is 1. The zero-order valence-electron chi connectivity index (χ0n) is 18.5. The van der Waals surface area contributed by atoms with Crippen molar-refractivity contribution in [2.75, 3.05) is 5.75 Å². The van der Waals surface area contributed by atoms with Gasteiger partial charge in [-0.05, 0) is 24.0 Å². The third-order valence-electron chi connectivity index (χ3n) is 6.27. The molecule has 2 amide bonds. The number of carboxylic acids is 1. The molecular formula is C24H21ClN3NaO4S. The van der Waals surface area contributed by atoms with Crippen molar-refractivity contribution in [1.29, 1.82) is 0 Å². The number of amides is 2. The molecule has 7 nitrogen and oxygen atoms in total. The summed E-state index contributed by atoms with van der Waals surface area (Å²) in [5, 5.41) is 14.6. The van der Waals surface area contributed by atoms with Gasteiger partial charge in [-0.15, -0.1) is 11.8 Å². The number of carboxylic acid groups (broad SMARTS) is 1. The maximum absolute atomic E-state index is 13.6. The van der Waals surface area contributed by atoms with Gasteiger partial charge in [0.2, 0.25) is 5.91 Å². The third kappa shape index (κ3) is 4.43. The Morgan fingerprint density at radius 1 is 1.06 bits per heavy atom. The van der Waals surface area contributed by atoms with E-state index < -0.39 is 29.3 Å². The van der Waals surface area contributed by atoms with Gasteiger partial charge in [-0.1, -0.05) is 72.3 Å². The molecular weight excluding hydrogens is 485 g/mol. The minimum atomic E-state index is -1.48. The van der Waals surface area contributed by atoms with Gasteiger partial charge in [-0.25, -0.2) is 0 Å². The van der Waals surface area contributed by atoms with Crippen molar-refractivity contribution in [3.63, 3.8) is 0 Å². The Morgan fingerprint density at radius 3 is 2.35 bits per heavy atom. The van der Waals surface area contributed by atoms with Crippen LogP contribution in [0.5, 0.6) is 0 Å². The van der Waals surface area contributed by atoms with Gasteiger partial charge in [0.15, 0.2) is 0 Å². The van der Waals surface area contributed by atoms with Crippen LogP contribution in [0.25, 0.3) is 0 Å². The molecule has 2 fully saturated rings. The predicted octanol–water partition coefficient (Wildman–Crippen LogP) is -1.39. The van der Waals surface area contributed by atoms with Crippen LogP contribution in [0.1, 0.15) is 23.6 Å². The Hall–Kier alpha value is -1.81. The number of nitrogens with one attached hydrogen (secondary N) is 1. The molecule has 4 atom stereocenters. The SMILES string of the molecule is O=C([O-])C1=C(Cl)CS[C@H]2C(N3C(=O)C(c4ccccc4)NC3CCc3ccccc3)C(=O)N12.[Na+]. The third-order valence-corrected chi connectivity index (χ3v) is 8.00. The van der Waals surface area contributed by atoms with Crippen LogP contribution in [-0.2, 0) is 20.8 Å². The molecule has 1 N–H and O–H groups in total. The van der Waals surface area contributed by atoms with Crippen LogP contribution in [0.15, 0.2) is 71.4 Å². The number of hydrogen-bond acceptors (Lipinski definition) is 6. The first-order chi connectivity index (χ1) is 16.0. The van der Waals surface area contributed by atoms with E-state index in [0.717, 1.165) is 22.4 Å². The van der Waals surface area contributed by atoms with Gasteiger partial charge in [0, 0.05) is 5.75 Å². The normalized spacial score (nSPS) is 26.1. The van der Waals surface area contributed by atoms with Crippen LogP contribution in [0.4, 0.5) is 0 Å². The molecule has 0 radical (unpaired) electrons. The molecule has 3 heterocycles.